The number of nitrogens with one attached hydrogen (secondary N) is 2. The van der Waals surface area contributed by atoms with E-state index in [1.165, 1.54) is 0 Å². The third kappa shape index (κ3) is 2.24. The van der Waals surface area contributed by atoms with Gasteiger partial charge >= 0.3 is 0 Å². The van der Waals surface area contributed by atoms with Crippen LogP contribution in [0.5, 0.6) is 0 Å². The summed E-state index contributed by atoms with van der Waals surface area (Å²) in [6, 6.07) is 0. The number of carbonyl (C=O) groups is 1. The number of amides is 1. The highest BCUT2D eigenvalue weighted by molar-refractivity contribution is 5.78. The number of aromatic amines is 1. The average molecular weight is 222 g/mol. The Hall–Kier alpha value is -1.36. The van der Waals surface area contributed by atoms with E-state index in [-0.39, 0.29) is 11.8 Å². The zero-order valence-corrected chi connectivity index (χ0v) is 9.73. The number of hydrogen-bond acceptors (Lipinski definition) is 3. The summed E-state index contributed by atoms with van der Waals surface area (Å²) < 4.78 is 0. The Kier molecular flexibility index (Phi) is 3.24. The van der Waals surface area contributed by atoms with Crippen molar-refractivity contribution in [3.63, 3.8) is 0 Å². The predicted octanol–water partition coefficient (Wildman–Crippen LogP) is 0.224. The van der Waals surface area contributed by atoms with Crippen LogP contribution >= 0.6 is 0 Å². The molecule has 16 heavy (non-hydrogen) atoms. The highest BCUT2D eigenvalue weighted by atomic mass is 16.2. The van der Waals surface area contributed by atoms with Crippen LogP contribution in [0.2, 0.25) is 0 Å². The molecule has 1 aliphatic rings. The number of carbonyl (C=O) groups excluding carboxylic acids is 1. The lowest BCUT2D eigenvalue weighted by molar-refractivity contribution is -0.136. The van der Waals surface area contributed by atoms with Crippen molar-refractivity contribution in [2.24, 2.45) is 11.8 Å². The first-order chi connectivity index (χ1) is 7.68. The zero-order chi connectivity index (χ0) is 11.5. The number of aromatic nitrogens is 2. The first-order valence-corrected chi connectivity index (χ1v) is 5.62. The van der Waals surface area contributed by atoms with Crippen molar-refractivity contribution in [1.82, 2.24) is 20.2 Å². The van der Waals surface area contributed by atoms with E-state index in [1.54, 1.807) is 17.3 Å². The number of imidazole rings is 1. The first-order valence-electron chi connectivity index (χ1n) is 5.62. The minimum atomic E-state index is 0.0983. The van der Waals surface area contributed by atoms with Crippen molar-refractivity contribution in [3.8, 4) is 0 Å². The molecule has 0 aliphatic carbocycles. The van der Waals surface area contributed by atoms with Crippen molar-refractivity contribution >= 4 is 5.91 Å². The number of rotatable bonds is 4. The van der Waals surface area contributed by atoms with Crippen molar-refractivity contribution in [1.29, 1.82) is 0 Å². The molecule has 2 N–H and O–H groups in total. The maximum Gasteiger partial charge on any atom is 0.225 e. The molecule has 5 nitrogen and oxygen atoms in total. The third-order valence-electron chi connectivity index (χ3n) is 3.23. The van der Waals surface area contributed by atoms with Gasteiger partial charge in [-0.25, -0.2) is 4.98 Å². The van der Waals surface area contributed by atoms with E-state index < -0.39 is 0 Å². The van der Waals surface area contributed by atoms with Gasteiger partial charge in [-0.2, -0.15) is 0 Å². The molecule has 1 amide bonds. The highest BCUT2D eigenvalue weighted by Crippen LogP contribution is 2.18. The Bertz CT molecular complexity index is 345. The Balaban J connectivity index is 1.88. The second-order valence-electron chi connectivity index (χ2n) is 4.44. The van der Waals surface area contributed by atoms with Crippen LogP contribution in [0.25, 0.3) is 0 Å². The molecule has 1 aromatic heterocycles. The van der Waals surface area contributed by atoms with E-state index in [9.17, 15) is 4.79 Å². The molecule has 5 heteroatoms. The van der Waals surface area contributed by atoms with Gasteiger partial charge in [-0.05, 0) is 19.0 Å². The molecule has 2 rings (SSSR count). The van der Waals surface area contributed by atoms with Gasteiger partial charge in [0.2, 0.25) is 5.91 Å². The molecule has 1 fully saturated rings. The first kappa shape index (κ1) is 11.1. The summed E-state index contributed by atoms with van der Waals surface area (Å²) in [4.78, 5) is 20.9. The lowest BCUT2D eigenvalue weighted by Gasteiger charge is -2.33. The second kappa shape index (κ2) is 4.65. The molecule has 0 saturated carbocycles. The van der Waals surface area contributed by atoms with Crippen LogP contribution in [0.4, 0.5) is 0 Å². The van der Waals surface area contributed by atoms with Crippen LogP contribution in [0.15, 0.2) is 12.4 Å². The van der Waals surface area contributed by atoms with Crippen LogP contribution in [0, 0.1) is 11.8 Å². The van der Waals surface area contributed by atoms with E-state index in [0.717, 1.165) is 18.9 Å². The molecule has 0 aromatic carbocycles. The fraction of sp³-hybridized carbons (Fsp3) is 0.636. The molecule has 2 heterocycles. The Labute approximate surface area is 95.2 Å². The minimum Gasteiger partial charge on any atom is -0.347 e. The van der Waals surface area contributed by atoms with Gasteiger partial charge in [0.25, 0.3) is 0 Å². The van der Waals surface area contributed by atoms with Gasteiger partial charge in [0.05, 0.1) is 6.54 Å². The van der Waals surface area contributed by atoms with Crippen LogP contribution in [-0.2, 0) is 11.3 Å². The molecule has 1 atom stereocenters. The van der Waals surface area contributed by atoms with Crippen molar-refractivity contribution in [3.05, 3.63) is 18.2 Å². The molecular weight excluding hydrogens is 204 g/mol. The Morgan fingerprint density at radius 1 is 1.69 bits per heavy atom. The van der Waals surface area contributed by atoms with Crippen LogP contribution < -0.4 is 5.32 Å². The fourth-order valence-electron chi connectivity index (χ4n) is 1.90. The second-order valence-corrected chi connectivity index (χ2v) is 4.44. The largest absolute Gasteiger partial charge is 0.347 e. The van der Waals surface area contributed by atoms with Gasteiger partial charge < -0.3 is 15.2 Å². The van der Waals surface area contributed by atoms with E-state index in [2.05, 4.69) is 15.3 Å². The summed E-state index contributed by atoms with van der Waals surface area (Å²) in [5.74, 6) is 1.62. The minimum absolute atomic E-state index is 0.0983. The summed E-state index contributed by atoms with van der Waals surface area (Å²) in [6.07, 6.45) is 3.47. The maximum absolute atomic E-state index is 12.1. The molecule has 1 saturated heterocycles. The van der Waals surface area contributed by atoms with Gasteiger partial charge in [0.15, 0.2) is 0 Å². The highest BCUT2D eigenvalue weighted by Gasteiger charge is 2.30. The van der Waals surface area contributed by atoms with Gasteiger partial charge in [-0.1, -0.05) is 6.92 Å². The summed E-state index contributed by atoms with van der Waals surface area (Å²) in [7, 11) is 1.83. The molecular formula is C11H18N4O. The topological polar surface area (TPSA) is 61.0 Å². The Morgan fingerprint density at radius 2 is 2.44 bits per heavy atom. The Morgan fingerprint density at radius 3 is 2.94 bits per heavy atom. The van der Waals surface area contributed by atoms with Crippen LogP contribution in [0.3, 0.4) is 0 Å². The summed E-state index contributed by atoms with van der Waals surface area (Å²) in [6.45, 7) is 4.48. The molecule has 88 valence electrons. The van der Waals surface area contributed by atoms with Gasteiger partial charge in [-0.15, -0.1) is 0 Å². The summed E-state index contributed by atoms with van der Waals surface area (Å²) >= 11 is 0. The number of H-pyrrole nitrogens is 1. The van der Waals surface area contributed by atoms with Gasteiger partial charge in [0.1, 0.15) is 5.82 Å². The molecule has 1 unspecified atom stereocenters. The molecule has 1 aromatic rings. The van der Waals surface area contributed by atoms with Crippen LogP contribution in [0.1, 0.15) is 12.7 Å². The third-order valence-corrected chi connectivity index (χ3v) is 3.23. The van der Waals surface area contributed by atoms with E-state index >= 15 is 0 Å². The molecule has 0 radical (unpaired) electrons. The zero-order valence-electron chi connectivity index (χ0n) is 9.73. The van der Waals surface area contributed by atoms with Gasteiger partial charge in [0, 0.05) is 25.4 Å². The van der Waals surface area contributed by atoms with Crippen molar-refractivity contribution < 1.29 is 4.79 Å². The standard InChI is InChI=1S/C11H18N4O/c1-8(9-5-12-6-9)11(16)15(2)7-10-13-3-4-14-10/h3-4,8-9,12H,5-7H2,1-2H3,(H,13,14). The fourth-order valence-corrected chi connectivity index (χ4v) is 1.90. The van der Waals surface area contributed by atoms with Crippen molar-refractivity contribution in [2.75, 3.05) is 20.1 Å². The number of hydrogen-bond donors (Lipinski definition) is 2. The lowest BCUT2D eigenvalue weighted by atomic mass is 9.88. The average Bonchev–Trinajstić information content (AvgIpc) is 2.66. The summed E-state index contributed by atoms with van der Waals surface area (Å²) in [5, 5.41) is 3.19. The normalized spacial score (nSPS) is 17.9. The molecule has 0 bridgehead atoms. The number of nitrogens with zero attached hydrogens (tertiary/aromatic N) is 2. The van der Waals surface area contributed by atoms with E-state index in [4.69, 9.17) is 0 Å². The van der Waals surface area contributed by atoms with Crippen LogP contribution in [-0.4, -0.2) is 40.9 Å². The molecule has 0 spiro atoms. The predicted molar refractivity (Wildman–Crippen MR) is 60.6 cm³/mol. The van der Waals surface area contributed by atoms with Gasteiger partial charge in [-0.3, -0.25) is 4.79 Å². The van der Waals surface area contributed by atoms with Crippen molar-refractivity contribution in [2.45, 2.75) is 13.5 Å². The monoisotopic (exact) mass is 222 g/mol. The quantitative estimate of drug-likeness (QED) is 0.766. The SMILES string of the molecule is CC(C(=O)N(C)Cc1ncc[nH]1)C1CNC1. The molecule has 1 aliphatic heterocycles. The van der Waals surface area contributed by atoms with E-state index in [0.29, 0.717) is 12.5 Å². The smallest absolute Gasteiger partial charge is 0.225 e. The van der Waals surface area contributed by atoms with E-state index in [1.807, 2.05) is 14.0 Å². The lowest BCUT2D eigenvalue weighted by Crippen LogP contribution is -2.49. The summed E-state index contributed by atoms with van der Waals surface area (Å²) in [5.41, 5.74) is 0. The maximum atomic E-state index is 12.1.